The first kappa shape index (κ1) is 26.3. The molecule has 182 valence electrons. The Morgan fingerprint density at radius 1 is 1.11 bits per heavy atom. The normalized spacial score (nSPS) is 12.6. The Morgan fingerprint density at radius 3 is 2.43 bits per heavy atom. The summed E-state index contributed by atoms with van der Waals surface area (Å²) in [6.07, 6.45) is -1.98. The zero-order valence-electron chi connectivity index (χ0n) is 19.5. The van der Waals surface area contributed by atoms with Gasteiger partial charge in [0.25, 0.3) is 0 Å². The van der Waals surface area contributed by atoms with Crippen LogP contribution in [0.5, 0.6) is 0 Å². The molecule has 0 bridgehead atoms. The highest BCUT2D eigenvalue weighted by molar-refractivity contribution is 7.39. The van der Waals surface area contributed by atoms with E-state index in [2.05, 4.69) is 11.8 Å². The van der Waals surface area contributed by atoms with E-state index < -0.39 is 26.5 Å². The number of aromatic nitrogens is 1. The Labute approximate surface area is 204 Å². The molecule has 0 aliphatic carbocycles. The van der Waals surface area contributed by atoms with E-state index >= 15 is 0 Å². The maximum atomic E-state index is 13.6. The van der Waals surface area contributed by atoms with Crippen LogP contribution in [0.4, 0.5) is 4.39 Å². The second-order valence-electron chi connectivity index (χ2n) is 8.27. The fourth-order valence-corrected chi connectivity index (χ4v) is 4.37. The van der Waals surface area contributed by atoms with Crippen molar-refractivity contribution in [3.8, 4) is 34.4 Å². The highest BCUT2D eigenvalue weighted by Gasteiger charge is 2.17. The summed E-state index contributed by atoms with van der Waals surface area (Å²) in [4.78, 5) is 15.5. The molecule has 1 heterocycles. The molecule has 1 unspecified atom stereocenters. The number of carbonyl (C=O) groups is 1. The number of benzene rings is 2. The van der Waals surface area contributed by atoms with Crippen LogP contribution in [-0.4, -0.2) is 40.0 Å². The fourth-order valence-electron chi connectivity index (χ4n) is 3.49. The summed E-state index contributed by atoms with van der Waals surface area (Å²) >= 11 is 0. The summed E-state index contributed by atoms with van der Waals surface area (Å²) in [6, 6.07) is 17.8. The van der Waals surface area contributed by atoms with Crippen LogP contribution in [0.25, 0.3) is 22.5 Å². The molecule has 0 aliphatic rings. The van der Waals surface area contributed by atoms with Gasteiger partial charge in [-0.05, 0) is 41.8 Å². The van der Waals surface area contributed by atoms with Crippen molar-refractivity contribution in [2.45, 2.75) is 32.3 Å². The van der Waals surface area contributed by atoms with Crippen LogP contribution in [0.3, 0.4) is 0 Å². The third-order valence-electron chi connectivity index (χ3n) is 5.19. The Hall–Kier alpha value is -3.30. The summed E-state index contributed by atoms with van der Waals surface area (Å²) in [5.41, 5.74) is 4.65. The predicted molar refractivity (Wildman–Crippen MR) is 134 cm³/mol. The van der Waals surface area contributed by atoms with Crippen molar-refractivity contribution in [3.05, 3.63) is 77.6 Å². The van der Waals surface area contributed by atoms with E-state index in [0.29, 0.717) is 16.8 Å². The summed E-state index contributed by atoms with van der Waals surface area (Å²) in [6.45, 7) is 3.93. The topological polar surface area (TPSA) is 96.7 Å². The van der Waals surface area contributed by atoms with Gasteiger partial charge in [-0.3, -0.25) is 9.36 Å². The Kier molecular flexibility index (Phi) is 9.33. The Morgan fingerprint density at radius 2 is 1.80 bits per heavy atom. The van der Waals surface area contributed by atoms with Gasteiger partial charge in [0.1, 0.15) is 12.4 Å². The van der Waals surface area contributed by atoms with Gasteiger partial charge in [-0.1, -0.05) is 56.0 Å². The van der Waals surface area contributed by atoms with Crippen LogP contribution in [0, 0.1) is 17.7 Å². The van der Waals surface area contributed by atoms with Gasteiger partial charge in [0, 0.05) is 17.3 Å². The first-order valence-electron chi connectivity index (χ1n) is 11.1. The molecule has 2 atom stereocenters. The van der Waals surface area contributed by atoms with Crippen molar-refractivity contribution < 1.29 is 28.5 Å². The van der Waals surface area contributed by atoms with Gasteiger partial charge in [0.2, 0.25) is 0 Å². The van der Waals surface area contributed by atoms with Crippen LogP contribution in [-0.2, 0) is 13.9 Å². The molecule has 0 saturated heterocycles. The number of hydrogen-bond acceptors (Lipinski definition) is 5. The fraction of sp³-hybridized carbons (Fsp3) is 0.259. The number of aliphatic carboxylic acids is 1. The molecule has 6 nitrogen and oxygen atoms in total. The highest BCUT2D eigenvalue weighted by atomic mass is 31.1. The molecule has 35 heavy (non-hydrogen) atoms. The van der Waals surface area contributed by atoms with Crippen LogP contribution in [0.2, 0.25) is 0 Å². The molecule has 1 aromatic heterocycles. The minimum absolute atomic E-state index is 0.107. The lowest BCUT2D eigenvalue weighted by atomic mass is 9.92. The number of aliphatic hydroxyl groups excluding tert-OH is 1. The van der Waals surface area contributed by atoms with Crippen LogP contribution >= 0.6 is 8.03 Å². The smallest absolute Gasteiger partial charge is 0.305 e. The summed E-state index contributed by atoms with van der Waals surface area (Å²) in [5, 5.41) is 18.3. The molecule has 8 heteroatoms. The SMILES string of the molecule is CC(C)c1cc(-c2ccccc2)nc(-c2ccc(F)cc2)c1C#CCO[PH](=O)C[C@@H](O)CC(=O)O. The molecular formula is C27H27FNO5P. The van der Waals surface area contributed by atoms with Crippen LogP contribution in [0.15, 0.2) is 60.7 Å². The Bertz CT molecular complexity index is 1250. The lowest BCUT2D eigenvalue weighted by Crippen LogP contribution is -2.15. The van der Waals surface area contributed by atoms with Crippen molar-refractivity contribution in [2.75, 3.05) is 12.8 Å². The number of pyridine rings is 1. The third kappa shape index (κ3) is 7.60. The van der Waals surface area contributed by atoms with Crippen molar-refractivity contribution in [3.63, 3.8) is 0 Å². The van der Waals surface area contributed by atoms with E-state index in [1.165, 1.54) is 12.1 Å². The molecule has 0 radical (unpaired) electrons. The van der Waals surface area contributed by atoms with E-state index in [0.717, 1.165) is 16.8 Å². The van der Waals surface area contributed by atoms with Gasteiger partial charge in [-0.2, -0.15) is 0 Å². The van der Waals surface area contributed by atoms with Gasteiger partial charge in [-0.25, -0.2) is 9.37 Å². The first-order chi connectivity index (χ1) is 16.7. The molecule has 0 saturated carbocycles. The van der Waals surface area contributed by atoms with Gasteiger partial charge in [0.05, 0.1) is 29.5 Å². The maximum Gasteiger partial charge on any atom is 0.305 e. The van der Waals surface area contributed by atoms with Gasteiger partial charge in [0.15, 0.2) is 8.03 Å². The summed E-state index contributed by atoms with van der Waals surface area (Å²) < 4.78 is 30.9. The lowest BCUT2D eigenvalue weighted by Gasteiger charge is -2.16. The molecule has 0 spiro atoms. The summed E-state index contributed by atoms with van der Waals surface area (Å²) in [5.74, 6) is 4.53. The number of aliphatic hydroxyl groups is 1. The second-order valence-corrected chi connectivity index (χ2v) is 9.71. The molecule has 0 fully saturated rings. The van der Waals surface area contributed by atoms with E-state index in [1.807, 2.05) is 50.2 Å². The third-order valence-corrected chi connectivity index (χ3v) is 6.46. The van der Waals surface area contributed by atoms with Crippen molar-refractivity contribution in [1.82, 2.24) is 4.98 Å². The van der Waals surface area contributed by atoms with Crippen molar-refractivity contribution >= 4 is 14.0 Å². The van der Waals surface area contributed by atoms with Crippen molar-refractivity contribution in [2.24, 2.45) is 0 Å². The number of nitrogens with zero attached hydrogens (tertiary/aromatic N) is 1. The highest BCUT2D eigenvalue weighted by Crippen LogP contribution is 2.32. The monoisotopic (exact) mass is 495 g/mol. The van der Waals surface area contributed by atoms with Crippen LogP contribution in [0.1, 0.15) is 37.3 Å². The number of carboxylic acid groups (broad SMARTS) is 1. The van der Waals surface area contributed by atoms with E-state index in [-0.39, 0.29) is 24.5 Å². The van der Waals surface area contributed by atoms with E-state index in [4.69, 9.17) is 14.6 Å². The molecular weight excluding hydrogens is 468 g/mol. The first-order valence-corrected chi connectivity index (χ1v) is 12.7. The van der Waals surface area contributed by atoms with Gasteiger partial charge >= 0.3 is 5.97 Å². The molecule has 3 aromatic rings. The minimum Gasteiger partial charge on any atom is -0.481 e. The number of carboxylic acids is 1. The van der Waals surface area contributed by atoms with Gasteiger partial charge in [-0.15, -0.1) is 0 Å². The number of halogens is 1. The zero-order valence-corrected chi connectivity index (χ0v) is 20.5. The average molecular weight is 495 g/mol. The molecule has 2 N–H and O–H groups in total. The largest absolute Gasteiger partial charge is 0.481 e. The second kappa shape index (κ2) is 12.4. The van der Waals surface area contributed by atoms with Crippen molar-refractivity contribution in [1.29, 1.82) is 0 Å². The standard InChI is InChI=1S/C27H27FNO5P/c1-18(2)24-16-25(19-7-4-3-5-8-19)29-27(20-10-12-21(28)13-11-20)23(24)9-6-14-34-35(33)17-22(30)15-26(31)32/h3-5,7-8,10-13,16,18,22,30,35H,14-15,17H2,1-2H3,(H,31,32)/t22-/m0/s1. The minimum atomic E-state index is -2.65. The molecule has 3 rings (SSSR count). The quantitative estimate of drug-likeness (QED) is 0.307. The van der Waals surface area contributed by atoms with E-state index in [9.17, 15) is 18.9 Å². The average Bonchev–Trinajstić information content (AvgIpc) is 2.82. The maximum absolute atomic E-state index is 13.6. The van der Waals surface area contributed by atoms with Crippen LogP contribution < -0.4 is 0 Å². The number of hydrogen-bond donors (Lipinski definition) is 2. The molecule has 2 aromatic carbocycles. The Balaban J connectivity index is 1.95. The molecule has 0 aliphatic heterocycles. The predicted octanol–water partition coefficient (Wildman–Crippen LogP) is 5.36. The van der Waals surface area contributed by atoms with Gasteiger partial charge < -0.3 is 14.7 Å². The number of rotatable bonds is 9. The summed E-state index contributed by atoms with van der Waals surface area (Å²) in [7, 11) is -2.65. The zero-order chi connectivity index (χ0) is 25.4. The lowest BCUT2D eigenvalue weighted by molar-refractivity contribution is -0.138. The van der Waals surface area contributed by atoms with E-state index in [1.54, 1.807) is 12.1 Å². The molecule has 0 amide bonds.